The number of para-hydroxylation sites is 1. The minimum absolute atomic E-state index is 0.268. The zero-order valence-electron chi connectivity index (χ0n) is 14.0. The molecule has 1 aromatic rings. The zero-order valence-corrected chi connectivity index (χ0v) is 14.0. The smallest absolute Gasteiger partial charge is 0.324 e. The van der Waals surface area contributed by atoms with E-state index in [-0.39, 0.29) is 11.8 Å². The van der Waals surface area contributed by atoms with Crippen LogP contribution in [0.25, 0.3) is 0 Å². The lowest BCUT2D eigenvalue weighted by molar-refractivity contribution is -0.137. The fourth-order valence-corrected chi connectivity index (χ4v) is 3.47. The Morgan fingerprint density at radius 3 is 2.50 bits per heavy atom. The Morgan fingerprint density at radius 2 is 1.88 bits per heavy atom. The molecule has 1 aliphatic carbocycles. The topological polar surface area (TPSA) is 78.5 Å². The number of rotatable bonds is 3. The molecule has 2 fully saturated rings. The van der Waals surface area contributed by atoms with Crippen LogP contribution in [0.1, 0.15) is 39.5 Å². The molecule has 1 spiro atoms. The summed E-state index contributed by atoms with van der Waals surface area (Å²) in [6.07, 6.45) is 3.10. The van der Waals surface area contributed by atoms with E-state index in [1.165, 1.54) is 0 Å². The van der Waals surface area contributed by atoms with Crippen LogP contribution in [-0.2, 0) is 9.59 Å². The maximum atomic E-state index is 12.9. The van der Waals surface area contributed by atoms with E-state index in [2.05, 4.69) is 17.6 Å². The summed E-state index contributed by atoms with van der Waals surface area (Å²) in [5.74, 6) is -0.0748. The van der Waals surface area contributed by atoms with Crippen LogP contribution in [0.3, 0.4) is 0 Å². The summed E-state index contributed by atoms with van der Waals surface area (Å²) in [6, 6.07) is 7.69. The standard InChI is InChI=1S/C18H23N3O3/c1-12-8-10-18(11-9-12)16(23)21(17(24)20-18)13(2)15(22)19-14-6-4-3-5-7-14/h3-7,12-13H,8-11H2,1-2H3,(H,19,22)(H,20,24)/t12?,13-,18?/m0/s1. The Morgan fingerprint density at radius 1 is 1.25 bits per heavy atom. The van der Waals surface area contributed by atoms with Crippen molar-refractivity contribution in [2.75, 3.05) is 5.32 Å². The SMILES string of the molecule is CC1CCC2(CC1)NC(=O)N([C@@H](C)C(=O)Nc1ccccc1)C2=O. The van der Waals surface area contributed by atoms with Crippen LogP contribution in [0.2, 0.25) is 0 Å². The largest absolute Gasteiger partial charge is 0.325 e. The van der Waals surface area contributed by atoms with Crippen molar-refractivity contribution in [3.05, 3.63) is 30.3 Å². The molecule has 3 rings (SSSR count). The first-order valence-corrected chi connectivity index (χ1v) is 8.45. The van der Waals surface area contributed by atoms with Gasteiger partial charge < -0.3 is 10.6 Å². The van der Waals surface area contributed by atoms with Gasteiger partial charge in [0.25, 0.3) is 5.91 Å². The van der Waals surface area contributed by atoms with Crippen molar-refractivity contribution in [1.82, 2.24) is 10.2 Å². The van der Waals surface area contributed by atoms with E-state index in [9.17, 15) is 14.4 Å². The lowest BCUT2D eigenvalue weighted by atomic mass is 9.77. The molecule has 0 aromatic heterocycles. The molecule has 24 heavy (non-hydrogen) atoms. The highest BCUT2D eigenvalue weighted by Gasteiger charge is 2.54. The van der Waals surface area contributed by atoms with Crippen molar-refractivity contribution < 1.29 is 14.4 Å². The lowest BCUT2D eigenvalue weighted by Gasteiger charge is -2.34. The summed E-state index contributed by atoms with van der Waals surface area (Å²) in [5, 5.41) is 5.59. The molecule has 2 N–H and O–H groups in total. The van der Waals surface area contributed by atoms with E-state index in [0.29, 0.717) is 24.4 Å². The molecule has 6 nitrogen and oxygen atoms in total. The van der Waals surface area contributed by atoms with E-state index in [1.807, 2.05) is 18.2 Å². The highest BCUT2D eigenvalue weighted by Crippen LogP contribution is 2.36. The van der Waals surface area contributed by atoms with Crippen molar-refractivity contribution in [3.63, 3.8) is 0 Å². The van der Waals surface area contributed by atoms with Gasteiger partial charge in [0.15, 0.2) is 0 Å². The number of carbonyl (C=O) groups is 3. The summed E-state index contributed by atoms with van der Waals surface area (Å²) in [7, 11) is 0. The molecular formula is C18H23N3O3. The van der Waals surface area contributed by atoms with Gasteiger partial charge in [-0.25, -0.2) is 9.69 Å². The molecule has 1 saturated heterocycles. The van der Waals surface area contributed by atoms with Crippen LogP contribution >= 0.6 is 0 Å². The molecule has 0 unspecified atom stereocenters. The summed E-state index contributed by atoms with van der Waals surface area (Å²) < 4.78 is 0. The molecule has 1 aromatic carbocycles. The molecule has 4 amide bonds. The Hall–Kier alpha value is -2.37. The van der Waals surface area contributed by atoms with Crippen LogP contribution in [0, 0.1) is 5.92 Å². The van der Waals surface area contributed by atoms with E-state index in [1.54, 1.807) is 19.1 Å². The van der Waals surface area contributed by atoms with Crippen molar-refractivity contribution >= 4 is 23.5 Å². The number of anilines is 1. The second kappa shape index (κ2) is 6.26. The highest BCUT2D eigenvalue weighted by molar-refractivity contribution is 6.11. The minimum atomic E-state index is -0.851. The zero-order chi connectivity index (χ0) is 17.3. The summed E-state index contributed by atoms with van der Waals surface area (Å²) in [5.41, 5.74) is -0.173. The third-order valence-electron chi connectivity index (χ3n) is 5.13. The summed E-state index contributed by atoms with van der Waals surface area (Å²) >= 11 is 0. The first-order chi connectivity index (χ1) is 11.4. The van der Waals surface area contributed by atoms with Crippen LogP contribution < -0.4 is 10.6 Å². The first kappa shape index (κ1) is 16.5. The quantitative estimate of drug-likeness (QED) is 0.836. The highest BCUT2D eigenvalue weighted by atomic mass is 16.2. The first-order valence-electron chi connectivity index (χ1n) is 8.45. The van der Waals surface area contributed by atoms with Crippen LogP contribution in [0.5, 0.6) is 0 Å². The fraction of sp³-hybridized carbons (Fsp3) is 0.500. The maximum absolute atomic E-state index is 12.9. The lowest BCUT2D eigenvalue weighted by Crippen LogP contribution is -2.51. The monoisotopic (exact) mass is 329 g/mol. The second-order valence-corrected chi connectivity index (χ2v) is 6.90. The average Bonchev–Trinajstić information content (AvgIpc) is 2.81. The normalized spacial score (nSPS) is 27.9. The predicted octanol–water partition coefficient (Wildman–Crippen LogP) is 2.51. The number of carbonyl (C=O) groups excluding carboxylic acids is 3. The number of hydrogen-bond acceptors (Lipinski definition) is 3. The van der Waals surface area contributed by atoms with Gasteiger partial charge in [-0.15, -0.1) is 0 Å². The molecule has 6 heteroatoms. The molecule has 2 aliphatic rings. The molecule has 1 atom stereocenters. The van der Waals surface area contributed by atoms with Crippen molar-refractivity contribution in [2.45, 2.75) is 51.1 Å². The number of amides is 4. The Balaban J connectivity index is 1.73. The molecular weight excluding hydrogens is 306 g/mol. The number of nitrogens with zero attached hydrogens (tertiary/aromatic N) is 1. The number of benzene rings is 1. The molecule has 0 radical (unpaired) electrons. The average molecular weight is 329 g/mol. The molecule has 0 bridgehead atoms. The van der Waals surface area contributed by atoms with Gasteiger partial charge in [-0.3, -0.25) is 9.59 Å². The van der Waals surface area contributed by atoms with Gasteiger partial charge >= 0.3 is 6.03 Å². The Bertz CT molecular complexity index is 651. The number of urea groups is 1. The van der Waals surface area contributed by atoms with Crippen molar-refractivity contribution in [3.8, 4) is 0 Å². The number of nitrogens with one attached hydrogen (secondary N) is 2. The maximum Gasteiger partial charge on any atom is 0.325 e. The molecule has 1 aliphatic heterocycles. The van der Waals surface area contributed by atoms with Crippen molar-refractivity contribution in [2.24, 2.45) is 5.92 Å². The van der Waals surface area contributed by atoms with Crippen LogP contribution in [-0.4, -0.2) is 34.3 Å². The van der Waals surface area contributed by atoms with E-state index < -0.39 is 17.6 Å². The van der Waals surface area contributed by atoms with Crippen LogP contribution in [0.4, 0.5) is 10.5 Å². The minimum Gasteiger partial charge on any atom is -0.324 e. The molecule has 1 heterocycles. The summed E-state index contributed by atoms with van der Waals surface area (Å²) in [6.45, 7) is 3.74. The second-order valence-electron chi connectivity index (χ2n) is 6.90. The van der Waals surface area contributed by atoms with Gasteiger partial charge in [0.1, 0.15) is 11.6 Å². The van der Waals surface area contributed by atoms with E-state index >= 15 is 0 Å². The fourth-order valence-electron chi connectivity index (χ4n) is 3.47. The van der Waals surface area contributed by atoms with Gasteiger partial charge in [0.2, 0.25) is 5.91 Å². The van der Waals surface area contributed by atoms with Gasteiger partial charge in [0.05, 0.1) is 0 Å². The third-order valence-corrected chi connectivity index (χ3v) is 5.13. The van der Waals surface area contributed by atoms with Gasteiger partial charge in [-0.05, 0) is 50.7 Å². The third kappa shape index (κ3) is 2.88. The van der Waals surface area contributed by atoms with Crippen molar-refractivity contribution in [1.29, 1.82) is 0 Å². The van der Waals surface area contributed by atoms with Gasteiger partial charge in [0, 0.05) is 5.69 Å². The van der Waals surface area contributed by atoms with E-state index in [0.717, 1.165) is 17.7 Å². The molecule has 128 valence electrons. The Kier molecular flexibility index (Phi) is 4.30. The van der Waals surface area contributed by atoms with Gasteiger partial charge in [-0.2, -0.15) is 0 Å². The van der Waals surface area contributed by atoms with E-state index in [4.69, 9.17) is 0 Å². The molecule has 1 saturated carbocycles. The number of imide groups is 1. The summed E-state index contributed by atoms with van der Waals surface area (Å²) in [4.78, 5) is 38.7. The number of hydrogen-bond donors (Lipinski definition) is 2. The predicted molar refractivity (Wildman–Crippen MR) is 90.3 cm³/mol. The van der Waals surface area contributed by atoms with Crippen LogP contribution in [0.15, 0.2) is 30.3 Å². The Labute approximate surface area is 141 Å². The van der Waals surface area contributed by atoms with Gasteiger partial charge in [-0.1, -0.05) is 25.1 Å².